The molecule has 1 amide bonds. The largest absolute Gasteiger partial charge is 0.435 e. The first-order chi connectivity index (χ1) is 13.1. The van der Waals surface area contributed by atoms with E-state index in [0.29, 0.717) is 12.1 Å². The zero-order valence-electron chi connectivity index (χ0n) is 14.1. The highest BCUT2D eigenvalue weighted by atomic mass is 19.4. The number of benzene rings is 2. The van der Waals surface area contributed by atoms with Crippen molar-refractivity contribution in [2.24, 2.45) is 0 Å². The van der Waals surface area contributed by atoms with E-state index in [0.717, 1.165) is 13.0 Å². The number of carbonyl (C=O) groups is 1. The van der Waals surface area contributed by atoms with Crippen LogP contribution in [0.25, 0.3) is 11.3 Å². The Morgan fingerprint density at radius 2 is 1.64 bits per heavy atom. The van der Waals surface area contributed by atoms with E-state index in [1.165, 1.54) is 18.2 Å². The Balaban J connectivity index is 1.95. The van der Waals surface area contributed by atoms with Gasteiger partial charge in [0.15, 0.2) is 5.69 Å². The molecule has 0 unspecified atom stereocenters. The lowest BCUT2D eigenvalue weighted by molar-refractivity contribution is -0.141. The molecular formula is C18H11F6N3O. The SMILES string of the molecule is Cc1c(C(F)(F)F)n[nH]c1-c1c(F)cc(NC(=O)c2ccccc2F)cc1F. The van der Waals surface area contributed by atoms with Crippen LogP contribution in [0.3, 0.4) is 0 Å². The standard InChI is InChI=1S/C18H11F6N3O/c1-8-15(26-27-16(8)18(22,23)24)14-12(20)6-9(7-13(14)21)25-17(28)10-4-2-3-5-11(10)19/h2-7H,1H3,(H,25,28)(H,26,27). The van der Waals surface area contributed by atoms with Crippen molar-refractivity contribution in [2.45, 2.75) is 13.1 Å². The third kappa shape index (κ3) is 3.57. The molecule has 0 aliphatic rings. The molecule has 3 rings (SSSR count). The van der Waals surface area contributed by atoms with Crippen LogP contribution in [0.5, 0.6) is 0 Å². The molecule has 28 heavy (non-hydrogen) atoms. The first-order valence-corrected chi connectivity index (χ1v) is 7.77. The van der Waals surface area contributed by atoms with Crippen molar-refractivity contribution in [3.05, 3.63) is 70.7 Å². The zero-order valence-corrected chi connectivity index (χ0v) is 14.1. The normalized spacial score (nSPS) is 11.5. The molecule has 3 aromatic rings. The predicted molar refractivity (Wildman–Crippen MR) is 88.0 cm³/mol. The fourth-order valence-corrected chi connectivity index (χ4v) is 2.65. The van der Waals surface area contributed by atoms with Crippen LogP contribution in [0.2, 0.25) is 0 Å². The Labute approximate surface area is 154 Å². The van der Waals surface area contributed by atoms with Gasteiger partial charge in [-0.1, -0.05) is 12.1 Å². The van der Waals surface area contributed by atoms with Crippen molar-refractivity contribution in [1.82, 2.24) is 10.2 Å². The van der Waals surface area contributed by atoms with Gasteiger partial charge in [-0.15, -0.1) is 0 Å². The summed E-state index contributed by atoms with van der Waals surface area (Å²) in [4.78, 5) is 12.0. The lowest BCUT2D eigenvalue weighted by Gasteiger charge is -2.10. The van der Waals surface area contributed by atoms with Crippen molar-refractivity contribution in [3.8, 4) is 11.3 Å². The van der Waals surface area contributed by atoms with Crippen LogP contribution in [-0.2, 0) is 6.18 Å². The van der Waals surface area contributed by atoms with Crippen LogP contribution in [-0.4, -0.2) is 16.1 Å². The fourth-order valence-electron chi connectivity index (χ4n) is 2.65. The Morgan fingerprint density at radius 3 is 2.18 bits per heavy atom. The molecule has 10 heteroatoms. The van der Waals surface area contributed by atoms with Gasteiger partial charge in [0, 0.05) is 11.3 Å². The Kier molecular flexibility index (Phi) is 4.88. The molecule has 0 fully saturated rings. The number of alkyl halides is 3. The molecule has 0 aliphatic heterocycles. The third-order valence-electron chi connectivity index (χ3n) is 3.95. The Hall–Kier alpha value is -3.30. The molecule has 0 atom stereocenters. The van der Waals surface area contributed by atoms with Crippen LogP contribution in [0.1, 0.15) is 21.6 Å². The van der Waals surface area contributed by atoms with Crippen molar-refractivity contribution in [1.29, 1.82) is 0 Å². The van der Waals surface area contributed by atoms with E-state index in [1.54, 1.807) is 0 Å². The Bertz CT molecular complexity index is 1030. The number of hydrogen-bond donors (Lipinski definition) is 2. The number of rotatable bonds is 3. The van der Waals surface area contributed by atoms with E-state index in [-0.39, 0.29) is 11.3 Å². The van der Waals surface area contributed by atoms with E-state index >= 15 is 0 Å². The minimum atomic E-state index is -4.79. The number of amides is 1. The quantitative estimate of drug-likeness (QED) is 0.604. The summed E-state index contributed by atoms with van der Waals surface area (Å²) in [5.74, 6) is -4.24. The predicted octanol–water partition coefficient (Wildman–Crippen LogP) is 5.07. The number of anilines is 1. The van der Waals surface area contributed by atoms with Gasteiger partial charge in [0.1, 0.15) is 17.5 Å². The van der Waals surface area contributed by atoms with Gasteiger partial charge in [0.2, 0.25) is 0 Å². The number of H-pyrrole nitrogens is 1. The third-order valence-corrected chi connectivity index (χ3v) is 3.95. The van der Waals surface area contributed by atoms with E-state index in [2.05, 4.69) is 10.4 Å². The van der Waals surface area contributed by atoms with Gasteiger partial charge >= 0.3 is 6.18 Å². The fraction of sp³-hybridized carbons (Fsp3) is 0.111. The van der Waals surface area contributed by atoms with Crippen molar-refractivity contribution in [2.75, 3.05) is 5.32 Å². The smallest absolute Gasteiger partial charge is 0.322 e. The lowest BCUT2D eigenvalue weighted by Crippen LogP contribution is -2.14. The van der Waals surface area contributed by atoms with Crippen molar-refractivity contribution in [3.63, 3.8) is 0 Å². The second-order valence-corrected chi connectivity index (χ2v) is 5.82. The molecule has 0 saturated heterocycles. The van der Waals surface area contributed by atoms with E-state index < -0.39 is 52.0 Å². The second kappa shape index (κ2) is 7.02. The van der Waals surface area contributed by atoms with Gasteiger partial charge < -0.3 is 5.32 Å². The lowest BCUT2D eigenvalue weighted by atomic mass is 10.0. The number of aromatic nitrogens is 2. The monoisotopic (exact) mass is 399 g/mol. The van der Waals surface area contributed by atoms with Gasteiger partial charge in [-0.3, -0.25) is 9.89 Å². The maximum Gasteiger partial charge on any atom is 0.435 e. The topological polar surface area (TPSA) is 57.8 Å². The number of halogens is 6. The second-order valence-electron chi connectivity index (χ2n) is 5.82. The van der Waals surface area contributed by atoms with Crippen LogP contribution in [0.4, 0.5) is 32.0 Å². The molecular weight excluding hydrogens is 388 g/mol. The summed E-state index contributed by atoms with van der Waals surface area (Å²) >= 11 is 0. The van der Waals surface area contributed by atoms with E-state index in [9.17, 15) is 31.1 Å². The summed E-state index contributed by atoms with van der Waals surface area (Å²) < 4.78 is 81.0. The van der Waals surface area contributed by atoms with Gasteiger partial charge in [-0.05, 0) is 31.2 Å². The summed E-state index contributed by atoms with van der Waals surface area (Å²) in [6, 6.07) is 6.41. The molecule has 4 nitrogen and oxygen atoms in total. The first-order valence-electron chi connectivity index (χ1n) is 7.77. The van der Waals surface area contributed by atoms with E-state index in [1.807, 2.05) is 5.10 Å². The molecule has 1 heterocycles. The van der Waals surface area contributed by atoms with Crippen LogP contribution in [0, 0.1) is 24.4 Å². The average molecular weight is 399 g/mol. The van der Waals surface area contributed by atoms with Crippen LogP contribution < -0.4 is 5.32 Å². The van der Waals surface area contributed by atoms with Crippen LogP contribution >= 0.6 is 0 Å². The highest BCUT2D eigenvalue weighted by Gasteiger charge is 2.37. The molecule has 2 aromatic carbocycles. The van der Waals surface area contributed by atoms with Gasteiger partial charge in [-0.25, -0.2) is 13.2 Å². The molecule has 0 bridgehead atoms. The highest BCUT2D eigenvalue weighted by Crippen LogP contribution is 2.36. The number of hydrogen-bond acceptors (Lipinski definition) is 2. The minimum absolute atomic E-state index is 0.333. The summed E-state index contributed by atoms with van der Waals surface area (Å²) in [6.07, 6.45) is -4.79. The molecule has 0 aliphatic carbocycles. The number of nitrogens with zero attached hydrogens (tertiary/aromatic N) is 1. The van der Waals surface area contributed by atoms with Crippen molar-refractivity contribution >= 4 is 11.6 Å². The van der Waals surface area contributed by atoms with Gasteiger partial charge in [-0.2, -0.15) is 18.3 Å². The molecule has 0 saturated carbocycles. The average Bonchev–Trinajstić information content (AvgIpc) is 2.96. The summed E-state index contributed by atoms with van der Waals surface area (Å²) in [5, 5.41) is 7.19. The molecule has 1 aromatic heterocycles. The zero-order chi connectivity index (χ0) is 20.6. The van der Waals surface area contributed by atoms with Gasteiger partial charge in [0.25, 0.3) is 5.91 Å². The maximum atomic E-state index is 14.4. The summed E-state index contributed by atoms with van der Waals surface area (Å²) in [7, 11) is 0. The number of nitrogens with one attached hydrogen (secondary N) is 2. The van der Waals surface area contributed by atoms with Crippen LogP contribution in [0.15, 0.2) is 36.4 Å². The summed E-state index contributed by atoms with van der Waals surface area (Å²) in [6.45, 7) is 1.02. The number of carbonyl (C=O) groups excluding carboxylic acids is 1. The maximum absolute atomic E-state index is 14.4. The first kappa shape index (κ1) is 19.5. The highest BCUT2D eigenvalue weighted by molar-refractivity contribution is 6.04. The van der Waals surface area contributed by atoms with Gasteiger partial charge in [0.05, 0.1) is 16.8 Å². The van der Waals surface area contributed by atoms with E-state index in [4.69, 9.17) is 0 Å². The summed E-state index contributed by atoms with van der Waals surface area (Å²) in [5.41, 5.74) is -3.68. The molecule has 2 N–H and O–H groups in total. The Morgan fingerprint density at radius 1 is 1.04 bits per heavy atom. The number of aromatic amines is 1. The van der Waals surface area contributed by atoms with Crippen molar-refractivity contribution < 1.29 is 31.1 Å². The molecule has 0 spiro atoms. The minimum Gasteiger partial charge on any atom is -0.322 e. The molecule has 146 valence electrons. The molecule has 0 radical (unpaired) electrons.